The number of carboxylic acid groups (broad SMARTS) is 1. The minimum atomic E-state index is -1.08. The summed E-state index contributed by atoms with van der Waals surface area (Å²) in [5.41, 5.74) is 5.27. The summed E-state index contributed by atoms with van der Waals surface area (Å²) in [6.45, 7) is -0.0539. The SMILES string of the molecule is COc1ccc(OC[C@@H](N)C(=O)O)cc1. The van der Waals surface area contributed by atoms with Crippen LogP contribution in [0.3, 0.4) is 0 Å². The molecule has 0 aliphatic rings. The van der Waals surface area contributed by atoms with Gasteiger partial charge in [0.2, 0.25) is 0 Å². The van der Waals surface area contributed by atoms with Gasteiger partial charge in [-0.05, 0) is 24.3 Å². The molecular formula is C10H13NO4. The van der Waals surface area contributed by atoms with Crippen molar-refractivity contribution < 1.29 is 19.4 Å². The van der Waals surface area contributed by atoms with Crippen molar-refractivity contribution in [2.75, 3.05) is 13.7 Å². The second-order valence-electron chi connectivity index (χ2n) is 2.93. The summed E-state index contributed by atoms with van der Waals surface area (Å²) in [6.07, 6.45) is 0. The molecule has 1 aromatic carbocycles. The van der Waals surface area contributed by atoms with Gasteiger partial charge in [0.15, 0.2) is 0 Å². The molecule has 0 fully saturated rings. The molecule has 5 heteroatoms. The van der Waals surface area contributed by atoms with Gasteiger partial charge in [-0.15, -0.1) is 0 Å². The first kappa shape index (κ1) is 11.3. The molecule has 1 rings (SSSR count). The number of ether oxygens (including phenoxy) is 2. The largest absolute Gasteiger partial charge is 0.497 e. The molecule has 0 saturated carbocycles. The monoisotopic (exact) mass is 211 g/mol. The van der Waals surface area contributed by atoms with Crippen LogP contribution in [0.25, 0.3) is 0 Å². The fraction of sp³-hybridized carbons (Fsp3) is 0.300. The highest BCUT2D eigenvalue weighted by molar-refractivity contribution is 5.73. The summed E-state index contributed by atoms with van der Waals surface area (Å²) in [4.78, 5) is 10.4. The predicted octanol–water partition coefficient (Wildman–Crippen LogP) is 0.486. The van der Waals surface area contributed by atoms with Crippen molar-refractivity contribution in [1.29, 1.82) is 0 Å². The molecule has 0 unspecified atom stereocenters. The smallest absolute Gasteiger partial charge is 0.324 e. The lowest BCUT2D eigenvalue weighted by Gasteiger charge is -2.09. The van der Waals surface area contributed by atoms with Gasteiger partial charge in [0.1, 0.15) is 24.1 Å². The van der Waals surface area contributed by atoms with E-state index in [-0.39, 0.29) is 6.61 Å². The third-order valence-electron chi connectivity index (χ3n) is 1.81. The molecule has 0 saturated heterocycles. The number of carboxylic acids is 1. The lowest BCUT2D eigenvalue weighted by atomic mass is 10.3. The Kier molecular flexibility index (Phi) is 3.93. The quantitative estimate of drug-likeness (QED) is 0.740. The summed E-state index contributed by atoms with van der Waals surface area (Å²) in [5.74, 6) is 0.195. The Bertz CT molecular complexity index is 323. The Balaban J connectivity index is 2.47. The van der Waals surface area contributed by atoms with E-state index < -0.39 is 12.0 Å². The number of benzene rings is 1. The van der Waals surface area contributed by atoms with E-state index >= 15 is 0 Å². The second-order valence-corrected chi connectivity index (χ2v) is 2.93. The maximum absolute atomic E-state index is 10.4. The zero-order valence-corrected chi connectivity index (χ0v) is 8.34. The summed E-state index contributed by atoms with van der Waals surface area (Å²) >= 11 is 0. The molecule has 0 aliphatic heterocycles. The lowest BCUT2D eigenvalue weighted by molar-refractivity contribution is -0.139. The topological polar surface area (TPSA) is 81.8 Å². The Morgan fingerprint density at radius 3 is 2.40 bits per heavy atom. The van der Waals surface area contributed by atoms with Gasteiger partial charge >= 0.3 is 5.97 Å². The standard InChI is InChI=1S/C10H13NO4/c1-14-7-2-4-8(5-3-7)15-6-9(11)10(12)13/h2-5,9H,6,11H2,1H3,(H,12,13)/t9-/m1/s1. The molecule has 0 spiro atoms. The van der Waals surface area contributed by atoms with E-state index in [1.807, 2.05) is 0 Å². The van der Waals surface area contributed by atoms with Crippen LogP contribution in [0.4, 0.5) is 0 Å². The van der Waals surface area contributed by atoms with Crippen LogP contribution in [0.5, 0.6) is 11.5 Å². The maximum atomic E-state index is 10.4. The van der Waals surface area contributed by atoms with Crippen LogP contribution >= 0.6 is 0 Å². The summed E-state index contributed by atoms with van der Waals surface area (Å²) < 4.78 is 10.1. The molecule has 0 amide bonds. The Morgan fingerprint density at radius 2 is 1.93 bits per heavy atom. The molecule has 1 atom stereocenters. The van der Waals surface area contributed by atoms with Gasteiger partial charge in [0.25, 0.3) is 0 Å². The summed E-state index contributed by atoms with van der Waals surface area (Å²) in [6, 6.07) is 5.82. The Morgan fingerprint density at radius 1 is 1.40 bits per heavy atom. The van der Waals surface area contributed by atoms with Crippen LogP contribution < -0.4 is 15.2 Å². The van der Waals surface area contributed by atoms with E-state index in [9.17, 15) is 4.79 Å². The first-order chi connectivity index (χ1) is 7.13. The molecule has 1 aromatic rings. The number of carbonyl (C=O) groups is 1. The van der Waals surface area contributed by atoms with Gasteiger partial charge in [0, 0.05) is 0 Å². The molecule has 0 heterocycles. The average Bonchev–Trinajstić information content (AvgIpc) is 2.26. The maximum Gasteiger partial charge on any atom is 0.324 e. The van der Waals surface area contributed by atoms with Crippen molar-refractivity contribution in [3.63, 3.8) is 0 Å². The van der Waals surface area contributed by atoms with Crippen molar-refractivity contribution in [3.8, 4) is 11.5 Å². The van der Waals surface area contributed by atoms with Crippen LogP contribution in [0, 0.1) is 0 Å². The average molecular weight is 211 g/mol. The van der Waals surface area contributed by atoms with Gasteiger partial charge in [-0.25, -0.2) is 0 Å². The lowest BCUT2D eigenvalue weighted by Crippen LogP contribution is -2.36. The van der Waals surface area contributed by atoms with Crippen molar-refractivity contribution >= 4 is 5.97 Å². The highest BCUT2D eigenvalue weighted by atomic mass is 16.5. The third-order valence-corrected chi connectivity index (χ3v) is 1.81. The molecule has 5 nitrogen and oxygen atoms in total. The van der Waals surface area contributed by atoms with E-state index in [1.165, 1.54) is 0 Å². The number of methoxy groups -OCH3 is 1. The fourth-order valence-corrected chi connectivity index (χ4v) is 0.929. The van der Waals surface area contributed by atoms with Crippen LogP contribution in [0.1, 0.15) is 0 Å². The van der Waals surface area contributed by atoms with Gasteiger partial charge < -0.3 is 20.3 Å². The molecule has 0 aromatic heterocycles. The van der Waals surface area contributed by atoms with Crippen molar-refractivity contribution in [2.45, 2.75) is 6.04 Å². The number of hydrogen-bond acceptors (Lipinski definition) is 4. The van der Waals surface area contributed by atoms with Crippen LogP contribution in [0.2, 0.25) is 0 Å². The molecule has 0 radical (unpaired) electrons. The van der Waals surface area contributed by atoms with Crippen molar-refractivity contribution in [3.05, 3.63) is 24.3 Å². The predicted molar refractivity (Wildman–Crippen MR) is 54.1 cm³/mol. The highest BCUT2D eigenvalue weighted by Crippen LogP contribution is 2.16. The molecule has 0 aliphatic carbocycles. The fourth-order valence-electron chi connectivity index (χ4n) is 0.929. The molecule has 82 valence electrons. The molecule has 15 heavy (non-hydrogen) atoms. The van der Waals surface area contributed by atoms with Crippen molar-refractivity contribution in [1.82, 2.24) is 0 Å². The summed E-state index contributed by atoms with van der Waals surface area (Å²) in [7, 11) is 1.57. The third kappa shape index (κ3) is 3.47. The van der Waals surface area contributed by atoms with E-state index in [4.69, 9.17) is 20.3 Å². The normalized spacial score (nSPS) is 11.9. The van der Waals surface area contributed by atoms with Gasteiger partial charge in [-0.2, -0.15) is 0 Å². The van der Waals surface area contributed by atoms with E-state index in [1.54, 1.807) is 31.4 Å². The van der Waals surface area contributed by atoms with Crippen molar-refractivity contribution in [2.24, 2.45) is 5.73 Å². The minimum Gasteiger partial charge on any atom is -0.497 e. The zero-order chi connectivity index (χ0) is 11.3. The zero-order valence-electron chi connectivity index (χ0n) is 8.34. The van der Waals surface area contributed by atoms with E-state index in [2.05, 4.69) is 0 Å². The van der Waals surface area contributed by atoms with E-state index in [0.717, 1.165) is 0 Å². The van der Waals surface area contributed by atoms with Gasteiger partial charge in [0.05, 0.1) is 7.11 Å². The van der Waals surface area contributed by atoms with Crippen LogP contribution in [-0.2, 0) is 4.79 Å². The number of hydrogen-bond donors (Lipinski definition) is 2. The minimum absolute atomic E-state index is 0.0539. The molecule has 3 N–H and O–H groups in total. The highest BCUT2D eigenvalue weighted by Gasteiger charge is 2.11. The van der Waals surface area contributed by atoms with Crippen LogP contribution in [0.15, 0.2) is 24.3 Å². The van der Waals surface area contributed by atoms with E-state index in [0.29, 0.717) is 11.5 Å². The summed E-state index contributed by atoms with van der Waals surface area (Å²) in [5, 5.41) is 8.52. The molecule has 0 bridgehead atoms. The Labute approximate surface area is 87.4 Å². The second kappa shape index (κ2) is 5.21. The van der Waals surface area contributed by atoms with Crippen LogP contribution in [-0.4, -0.2) is 30.8 Å². The first-order valence-electron chi connectivity index (χ1n) is 4.38. The number of rotatable bonds is 5. The number of aliphatic carboxylic acids is 1. The first-order valence-corrected chi connectivity index (χ1v) is 4.38. The van der Waals surface area contributed by atoms with Gasteiger partial charge in [-0.1, -0.05) is 0 Å². The molecular weight excluding hydrogens is 198 g/mol. The Hall–Kier alpha value is -1.75. The number of nitrogens with two attached hydrogens (primary N) is 1. The van der Waals surface area contributed by atoms with Gasteiger partial charge in [-0.3, -0.25) is 4.79 Å².